The lowest BCUT2D eigenvalue weighted by Crippen LogP contribution is -2.56. The highest BCUT2D eigenvalue weighted by Gasteiger charge is 2.35. The van der Waals surface area contributed by atoms with E-state index in [-0.39, 0.29) is 12.0 Å². The summed E-state index contributed by atoms with van der Waals surface area (Å²) in [6, 6.07) is 0.481. The molecule has 5 nitrogen and oxygen atoms in total. The van der Waals surface area contributed by atoms with Gasteiger partial charge in [0.1, 0.15) is 6.04 Å². The van der Waals surface area contributed by atoms with Gasteiger partial charge in [-0.1, -0.05) is 0 Å². The molecule has 0 amide bonds. The molecule has 104 valence electrons. The molecule has 0 saturated carbocycles. The van der Waals surface area contributed by atoms with Crippen molar-refractivity contribution in [2.45, 2.75) is 32.4 Å². The third-order valence-electron chi connectivity index (χ3n) is 3.87. The Morgan fingerprint density at radius 1 is 1.44 bits per heavy atom. The fourth-order valence-electron chi connectivity index (χ4n) is 2.78. The number of nitrogens with zero attached hydrogens (tertiary/aromatic N) is 2. The van der Waals surface area contributed by atoms with Crippen LogP contribution in [0.15, 0.2) is 0 Å². The van der Waals surface area contributed by atoms with Crippen molar-refractivity contribution in [3.63, 3.8) is 0 Å². The van der Waals surface area contributed by atoms with Gasteiger partial charge < -0.3 is 9.47 Å². The summed E-state index contributed by atoms with van der Waals surface area (Å²) < 4.78 is 10.4. The van der Waals surface area contributed by atoms with E-state index in [1.54, 1.807) is 0 Å². The summed E-state index contributed by atoms with van der Waals surface area (Å²) >= 11 is 0. The Labute approximate surface area is 109 Å². The van der Waals surface area contributed by atoms with Crippen molar-refractivity contribution in [1.29, 1.82) is 0 Å². The van der Waals surface area contributed by atoms with Crippen molar-refractivity contribution in [2.75, 3.05) is 46.0 Å². The molecule has 2 rings (SSSR count). The minimum atomic E-state index is -0.0371. The van der Waals surface area contributed by atoms with E-state index in [4.69, 9.17) is 9.47 Å². The topological polar surface area (TPSA) is 42.0 Å². The maximum atomic E-state index is 11.6. The number of piperazine rings is 1. The van der Waals surface area contributed by atoms with Crippen LogP contribution < -0.4 is 0 Å². The number of rotatable bonds is 5. The van der Waals surface area contributed by atoms with E-state index in [2.05, 4.69) is 16.7 Å². The van der Waals surface area contributed by atoms with Gasteiger partial charge in [0, 0.05) is 45.2 Å². The Bertz CT molecular complexity index is 285. The number of ether oxygens (including phenoxy) is 2. The van der Waals surface area contributed by atoms with E-state index in [1.807, 2.05) is 6.92 Å². The first-order valence-corrected chi connectivity index (χ1v) is 6.95. The molecule has 2 aliphatic heterocycles. The molecule has 2 atom stereocenters. The summed E-state index contributed by atoms with van der Waals surface area (Å²) in [5.41, 5.74) is 0. The fourth-order valence-corrected chi connectivity index (χ4v) is 2.78. The minimum Gasteiger partial charge on any atom is -0.464 e. The van der Waals surface area contributed by atoms with E-state index >= 15 is 0 Å². The van der Waals surface area contributed by atoms with Gasteiger partial charge in [-0.05, 0) is 13.8 Å². The summed E-state index contributed by atoms with van der Waals surface area (Å²) in [7, 11) is 0. The summed E-state index contributed by atoms with van der Waals surface area (Å²) in [5.74, 6) is -0.0371. The normalized spacial score (nSPS) is 30.7. The third-order valence-corrected chi connectivity index (χ3v) is 3.87. The average molecular weight is 256 g/mol. The molecule has 2 fully saturated rings. The predicted octanol–water partition coefficient (Wildman–Crippen LogP) is 0.345. The maximum Gasteiger partial charge on any atom is 0.323 e. The van der Waals surface area contributed by atoms with E-state index in [9.17, 15) is 4.79 Å². The zero-order chi connectivity index (χ0) is 13.0. The SMILES string of the molecule is CCOCCN1CCN([C@@H]2CCOC2=O)C[C@H]1C. The van der Waals surface area contributed by atoms with Crippen LogP contribution in [0.3, 0.4) is 0 Å². The standard InChI is InChI=1S/C13H24N2O3/c1-3-17-9-7-14-5-6-15(10-11(14)2)12-4-8-18-13(12)16/h11-12H,3-10H2,1-2H3/t11-,12-/m1/s1. The number of carbonyl (C=O) groups excluding carboxylic acids is 1. The van der Waals surface area contributed by atoms with E-state index in [1.165, 1.54) is 0 Å². The van der Waals surface area contributed by atoms with E-state index < -0.39 is 0 Å². The number of carbonyl (C=O) groups is 1. The molecular weight excluding hydrogens is 232 g/mol. The first kappa shape index (κ1) is 13.8. The molecule has 0 aromatic rings. The Morgan fingerprint density at radius 2 is 2.28 bits per heavy atom. The van der Waals surface area contributed by atoms with Gasteiger partial charge in [0.15, 0.2) is 0 Å². The van der Waals surface area contributed by atoms with Crippen molar-refractivity contribution in [3.8, 4) is 0 Å². The molecule has 0 bridgehead atoms. The number of hydrogen-bond acceptors (Lipinski definition) is 5. The van der Waals surface area contributed by atoms with Gasteiger partial charge in [0.05, 0.1) is 13.2 Å². The van der Waals surface area contributed by atoms with Crippen LogP contribution in [0.1, 0.15) is 20.3 Å². The highest BCUT2D eigenvalue weighted by atomic mass is 16.5. The van der Waals surface area contributed by atoms with Gasteiger partial charge in [0.25, 0.3) is 0 Å². The van der Waals surface area contributed by atoms with Crippen LogP contribution in [0.2, 0.25) is 0 Å². The predicted molar refractivity (Wildman–Crippen MR) is 68.5 cm³/mol. The molecule has 0 radical (unpaired) electrons. The molecule has 18 heavy (non-hydrogen) atoms. The monoisotopic (exact) mass is 256 g/mol. The first-order valence-electron chi connectivity index (χ1n) is 6.95. The van der Waals surface area contributed by atoms with Gasteiger partial charge in [0.2, 0.25) is 0 Å². The summed E-state index contributed by atoms with van der Waals surface area (Å²) in [4.78, 5) is 16.3. The second-order valence-corrected chi connectivity index (χ2v) is 5.05. The lowest BCUT2D eigenvalue weighted by Gasteiger charge is -2.41. The smallest absolute Gasteiger partial charge is 0.323 e. The van der Waals surface area contributed by atoms with Crippen LogP contribution >= 0.6 is 0 Å². The first-order chi connectivity index (χ1) is 8.72. The second-order valence-electron chi connectivity index (χ2n) is 5.05. The van der Waals surface area contributed by atoms with Crippen LogP contribution in [0, 0.1) is 0 Å². The molecule has 0 aromatic carbocycles. The third kappa shape index (κ3) is 3.22. The Hall–Kier alpha value is -0.650. The summed E-state index contributed by atoms with van der Waals surface area (Å²) in [5, 5.41) is 0. The van der Waals surface area contributed by atoms with Gasteiger partial charge in [-0.2, -0.15) is 0 Å². The van der Waals surface area contributed by atoms with Gasteiger partial charge in [-0.25, -0.2) is 0 Å². The molecule has 0 aromatic heterocycles. The van der Waals surface area contributed by atoms with Gasteiger partial charge >= 0.3 is 5.97 Å². The lowest BCUT2D eigenvalue weighted by atomic mass is 10.1. The van der Waals surface area contributed by atoms with Crippen molar-refractivity contribution in [3.05, 3.63) is 0 Å². The Kier molecular flexibility index (Phi) is 4.97. The van der Waals surface area contributed by atoms with Crippen molar-refractivity contribution < 1.29 is 14.3 Å². The van der Waals surface area contributed by atoms with Gasteiger partial charge in [-0.3, -0.25) is 14.6 Å². The zero-order valence-corrected chi connectivity index (χ0v) is 11.4. The molecule has 0 unspecified atom stereocenters. The highest BCUT2D eigenvalue weighted by molar-refractivity contribution is 5.77. The maximum absolute atomic E-state index is 11.6. The van der Waals surface area contributed by atoms with Crippen LogP contribution in [0.25, 0.3) is 0 Å². The van der Waals surface area contributed by atoms with E-state index in [0.717, 1.165) is 45.8 Å². The molecule has 2 saturated heterocycles. The Morgan fingerprint density at radius 3 is 2.89 bits per heavy atom. The van der Waals surface area contributed by atoms with Crippen LogP contribution in [-0.2, 0) is 14.3 Å². The number of esters is 1. The molecule has 0 spiro atoms. The minimum absolute atomic E-state index is 0.00138. The van der Waals surface area contributed by atoms with Crippen LogP contribution in [-0.4, -0.2) is 73.9 Å². The Balaban J connectivity index is 1.78. The molecule has 2 heterocycles. The summed E-state index contributed by atoms with van der Waals surface area (Å²) in [6.45, 7) is 10.3. The zero-order valence-electron chi connectivity index (χ0n) is 11.4. The fraction of sp³-hybridized carbons (Fsp3) is 0.923. The molecule has 5 heteroatoms. The quantitative estimate of drug-likeness (QED) is 0.524. The van der Waals surface area contributed by atoms with Crippen LogP contribution in [0.5, 0.6) is 0 Å². The van der Waals surface area contributed by atoms with Crippen LogP contribution in [0.4, 0.5) is 0 Å². The van der Waals surface area contributed by atoms with Gasteiger partial charge in [-0.15, -0.1) is 0 Å². The van der Waals surface area contributed by atoms with Crippen molar-refractivity contribution in [2.24, 2.45) is 0 Å². The second kappa shape index (κ2) is 6.50. The number of cyclic esters (lactones) is 1. The van der Waals surface area contributed by atoms with Crippen molar-refractivity contribution >= 4 is 5.97 Å². The lowest BCUT2D eigenvalue weighted by molar-refractivity contribution is -0.143. The highest BCUT2D eigenvalue weighted by Crippen LogP contribution is 2.18. The molecular formula is C13H24N2O3. The number of hydrogen-bond donors (Lipinski definition) is 0. The average Bonchev–Trinajstić information content (AvgIpc) is 2.78. The largest absolute Gasteiger partial charge is 0.464 e. The van der Waals surface area contributed by atoms with E-state index in [0.29, 0.717) is 12.6 Å². The molecule has 0 aliphatic carbocycles. The molecule has 0 N–H and O–H groups in total. The summed E-state index contributed by atoms with van der Waals surface area (Å²) in [6.07, 6.45) is 0.852. The van der Waals surface area contributed by atoms with Crippen molar-refractivity contribution in [1.82, 2.24) is 9.80 Å². The molecule has 2 aliphatic rings.